The highest BCUT2D eigenvalue weighted by Crippen LogP contribution is 2.44. The van der Waals surface area contributed by atoms with Crippen molar-refractivity contribution in [2.75, 3.05) is 50.8 Å². The van der Waals surface area contributed by atoms with Gasteiger partial charge in [-0.2, -0.15) is 9.97 Å². The van der Waals surface area contributed by atoms with Crippen LogP contribution in [0, 0.1) is 11.6 Å². The van der Waals surface area contributed by atoms with Crippen LogP contribution in [0.15, 0.2) is 30.3 Å². The van der Waals surface area contributed by atoms with Gasteiger partial charge in [0.1, 0.15) is 47.2 Å². The zero-order valence-electron chi connectivity index (χ0n) is 22.5. The number of aromatic nitrogens is 3. The Kier molecular flexibility index (Phi) is 5.68. The predicted octanol–water partition coefficient (Wildman–Crippen LogP) is 4.01. The minimum absolute atomic E-state index is 0.00390. The number of benzene rings is 2. The second kappa shape index (κ2) is 9.35. The van der Waals surface area contributed by atoms with Gasteiger partial charge in [0.05, 0.1) is 11.6 Å². The van der Waals surface area contributed by atoms with E-state index >= 15 is 8.78 Å². The van der Waals surface area contributed by atoms with Gasteiger partial charge in [-0.1, -0.05) is 12.1 Å². The van der Waals surface area contributed by atoms with Crippen LogP contribution in [0.25, 0.3) is 32.9 Å². The van der Waals surface area contributed by atoms with Gasteiger partial charge in [-0.15, -0.1) is 0 Å². The third-order valence-corrected chi connectivity index (χ3v) is 9.19. The second-order valence-corrected chi connectivity index (χ2v) is 11.5. The van der Waals surface area contributed by atoms with Crippen LogP contribution in [0.2, 0.25) is 0 Å². The Bertz CT molecular complexity index is 1690. The molecule has 11 heteroatoms. The molecule has 0 spiro atoms. The Morgan fingerprint density at radius 1 is 1.07 bits per heavy atom. The van der Waals surface area contributed by atoms with E-state index in [-0.39, 0.29) is 51.4 Å². The Labute approximate surface area is 235 Å². The van der Waals surface area contributed by atoms with Crippen LogP contribution < -0.4 is 19.7 Å². The van der Waals surface area contributed by atoms with E-state index in [0.717, 1.165) is 45.3 Å². The second-order valence-electron chi connectivity index (χ2n) is 11.5. The maximum atomic E-state index is 16.7. The van der Waals surface area contributed by atoms with Gasteiger partial charge in [0.25, 0.3) is 0 Å². The largest absolute Gasteiger partial charge is 0.508 e. The van der Waals surface area contributed by atoms with Crippen molar-refractivity contribution in [1.82, 2.24) is 25.2 Å². The summed E-state index contributed by atoms with van der Waals surface area (Å²) < 4.78 is 44.3. The van der Waals surface area contributed by atoms with Crippen LogP contribution in [-0.4, -0.2) is 82.5 Å². The molecular formula is C30H30F2N6O3. The molecule has 4 aromatic rings. The van der Waals surface area contributed by atoms with Crippen molar-refractivity contribution in [2.24, 2.45) is 0 Å². The lowest BCUT2D eigenvalue weighted by atomic mass is 9.95. The number of piperazine rings is 1. The van der Waals surface area contributed by atoms with Gasteiger partial charge in [0.2, 0.25) is 5.88 Å². The van der Waals surface area contributed by atoms with Gasteiger partial charge in [-0.25, -0.2) is 13.8 Å². The molecule has 3 saturated heterocycles. The number of rotatable bonds is 4. The first-order valence-electron chi connectivity index (χ1n) is 14.3. The van der Waals surface area contributed by atoms with E-state index in [2.05, 4.69) is 25.1 Å². The van der Waals surface area contributed by atoms with E-state index in [1.165, 1.54) is 18.2 Å². The van der Waals surface area contributed by atoms with Crippen molar-refractivity contribution in [3.8, 4) is 28.9 Å². The van der Waals surface area contributed by atoms with Crippen LogP contribution in [0.5, 0.6) is 17.6 Å². The number of fused-ring (bicyclic) bond motifs is 4. The molecule has 4 aliphatic rings. The molecule has 8 rings (SSSR count). The standard InChI is InChI=1S/C30H30F2N6O3/c31-21-5-1-4-17-12-19(39)13-20(22(17)21)25-24(32)26-23-27(38-11-8-33-14-18(38)15-40-28(23)34-25)36-29(35-26)41-16-30-6-2-9-37(30)10-3-7-30/h1,4-5,12-13,18,33,39H,2-3,6-11,14-16H2/t18-/m0/s1. The van der Waals surface area contributed by atoms with Gasteiger partial charge >= 0.3 is 6.01 Å². The summed E-state index contributed by atoms with van der Waals surface area (Å²) in [5.74, 6) is -0.708. The number of halogens is 2. The maximum absolute atomic E-state index is 16.7. The molecule has 0 bridgehead atoms. The first-order chi connectivity index (χ1) is 20.0. The number of phenols is 1. The summed E-state index contributed by atoms with van der Waals surface area (Å²) in [7, 11) is 0. The number of hydrogen-bond donors (Lipinski definition) is 2. The van der Waals surface area contributed by atoms with Crippen LogP contribution >= 0.6 is 0 Å². The summed E-state index contributed by atoms with van der Waals surface area (Å²) in [6.07, 6.45) is 4.39. The number of phenolic OH excluding ortho intramolecular Hbond substituents is 1. The fourth-order valence-electron chi connectivity index (χ4n) is 7.24. The first-order valence-corrected chi connectivity index (χ1v) is 14.3. The highest BCUT2D eigenvalue weighted by molar-refractivity contribution is 6.02. The van der Waals surface area contributed by atoms with Crippen molar-refractivity contribution in [1.29, 1.82) is 0 Å². The van der Waals surface area contributed by atoms with Crippen LogP contribution in [0.4, 0.5) is 14.6 Å². The van der Waals surface area contributed by atoms with Crippen molar-refractivity contribution in [3.63, 3.8) is 0 Å². The maximum Gasteiger partial charge on any atom is 0.319 e. The molecule has 212 valence electrons. The van der Waals surface area contributed by atoms with Crippen molar-refractivity contribution < 1.29 is 23.4 Å². The third-order valence-electron chi connectivity index (χ3n) is 9.19. The molecule has 0 amide bonds. The summed E-state index contributed by atoms with van der Waals surface area (Å²) in [6.45, 7) is 4.94. The number of nitrogens with one attached hydrogen (secondary N) is 1. The van der Waals surface area contributed by atoms with Gasteiger partial charge in [0, 0.05) is 30.6 Å². The number of aromatic hydroxyl groups is 1. The minimum Gasteiger partial charge on any atom is -0.508 e. The van der Waals surface area contributed by atoms with Gasteiger partial charge in [0.15, 0.2) is 5.82 Å². The molecular weight excluding hydrogens is 530 g/mol. The lowest BCUT2D eigenvalue weighted by Gasteiger charge is -2.35. The molecule has 0 radical (unpaired) electrons. The predicted molar refractivity (Wildman–Crippen MR) is 150 cm³/mol. The Morgan fingerprint density at radius 2 is 1.93 bits per heavy atom. The molecule has 2 aromatic heterocycles. The molecule has 2 aromatic carbocycles. The van der Waals surface area contributed by atoms with E-state index < -0.39 is 11.6 Å². The SMILES string of the molecule is Oc1cc(-c2nc3c4c(nc(OCC56CCCN5CCC6)nc4c2F)N2CCNC[C@H]2CO3)c2c(F)cccc2c1. The molecule has 1 atom stereocenters. The molecule has 41 heavy (non-hydrogen) atoms. The number of nitrogens with zero attached hydrogens (tertiary/aromatic N) is 5. The Morgan fingerprint density at radius 3 is 2.78 bits per heavy atom. The fourth-order valence-corrected chi connectivity index (χ4v) is 7.24. The van der Waals surface area contributed by atoms with E-state index in [4.69, 9.17) is 14.5 Å². The van der Waals surface area contributed by atoms with Crippen LogP contribution in [0.1, 0.15) is 25.7 Å². The smallest absolute Gasteiger partial charge is 0.319 e. The molecule has 6 heterocycles. The normalized spacial score (nSPS) is 21.5. The number of hydrogen-bond acceptors (Lipinski definition) is 9. The average Bonchev–Trinajstić information content (AvgIpc) is 3.51. The molecule has 0 unspecified atom stereocenters. The molecule has 4 aliphatic heterocycles. The van der Waals surface area contributed by atoms with Gasteiger partial charge in [-0.3, -0.25) is 4.90 Å². The molecule has 0 aliphatic carbocycles. The van der Waals surface area contributed by atoms with Crippen molar-refractivity contribution in [2.45, 2.75) is 37.3 Å². The number of pyridine rings is 1. The van der Waals surface area contributed by atoms with E-state index in [0.29, 0.717) is 42.9 Å². The summed E-state index contributed by atoms with van der Waals surface area (Å²) in [5, 5.41) is 14.8. The quantitative estimate of drug-likeness (QED) is 0.384. The van der Waals surface area contributed by atoms with Gasteiger partial charge < -0.3 is 24.8 Å². The monoisotopic (exact) mass is 560 g/mol. The van der Waals surface area contributed by atoms with E-state index in [1.54, 1.807) is 12.1 Å². The highest BCUT2D eigenvalue weighted by atomic mass is 19.1. The number of anilines is 1. The van der Waals surface area contributed by atoms with Crippen LogP contribution in [-0.2, 0) is 0 Å². The van der Waals surface area contributed by atoms with Crippen molar-refractivity contribution in [3.05, 3.63) is 42.0 Å². The first kappa shape index (κ1) is 24.9. The third kappa shape index (κ3) is 3.89. The van der Waals surface area contributed by atoms with E-state index in [9.17, 15) is 5.11 Å². The Balaban J connectivity index is 1.32. The lowest BCUT2D eigenvalue weighted by molar-refractivity contribution is 0.108. The Hall–Kier alpha value is -3.83. The summed E-state index contributed by atoms with van der Waals surface area (Å²) in [5.41, 5.74) is -0.0548. The molecule has 3 fully saturated rings. The zero-order valence-corrected chi connectivity index (χ0v) is 22.5. The number of ether oxygens (including phenoxy) is 2. The average molecular weight is 561 g/mol. The topological polar surface area (TPSA) is 95.9 Å². The fraction of sp³-hybridized carbons (Fsp3) is 0.433. The molecule has 0 saturated carbocycles. The highest BCUT2D eigenvalue weighted by Gasteiger charge is 2.45. The zero-order chi connectivity index (χ0) is 27.7. The minimum atomic E-state index is -0.744. The summed E-state index contributed by atoms with van der Waals surface area (Å²) in [6, 6.07) is 7.34. The summed E-state index contributed by atoms with van der Waals surface area (Å²) >= 11 is 0. The van der Waals surface area contributed by atoms with Crippen LogP contribution in [0.3, 0.4) is 0 Å². The van der Waals surface area contributed by atoms with Gasteiger partial charge in [-0.05, 0) is 62.4 Å². The molecule has 2 N–H and O–H groups in total. The lowest BCUT2D eigenvalue weighted by Crippen LogP contribution is -2.53. The molecule has 9 nitrogen and oxygen atoms in total. The van der Waals surface area contributed by atoms with E-state index in [1.807, 2.05) is 0 Å². The summed E-state index contributed by atoms with van der Waals surface area (Å²) in [4.78, 5) is 18.6. The van der Waals surface area contributed by atoms with Crippen molar-refractivity contribution >= 4 is 27.5 Å².